The molecule has 0 aromatic heterocycles. The average Bonchev–Trinajstić information content (AvgIpc) is 2.16. The van der Waals surface area contributed by atoms with E-state index in [2.05, 4.69) is 6.58 Å². The Morgan fingerprint density at radius 3 is 2.21 bits per heavy atom. The summed E-state index contributed by atoms with van der Waals surface area (Å²) in [6, 6.07) is 5.73. The summed E-state index contributed by atoms with van der Waals surface area (Å²) in [7, 11) is 0. The lowest BCUT2D eigenvalue weighted by Gasteiger charge is -2.00. The summed E-state index contributed by atoms with van der Waals surface area (Å²) >= 11 is 0. The van der Waals surface area contributed by atoms with E-state index in [0.717, 1.165) is 0 Å². The van der Waals surface area contributed by atoms with Crippen LogP contribution in [0, 0.1) is 10.1 Å². The summed E-state index contributed by atoms with van der Waals surface area (Å²) < 4.78 is 0. The third kappa shape index (κ3) is 2.04. The van der Waals surface area contributed by atoms with E-state index in [4.69, 9.17) is 0 Å². The molecule has 0 bridgehead atoms. The van der Waals surface area contributed by atoms with Crippen molar-refractivity contribution >= 4 is 17.0 Å². The van der Waals surface area contributed by atoms with Gasteiger partial charge in [0.25, 0.3) is 5.69 Å². The molecule has 0 atom stereocenters. The number of carbonyl (C=O) groups excluding carboxylic acids is 1. The van der Waals surface area contributed by atoms with E-state index in [9.17, 15) is 14.9 Å². The van der Waals surface area contributed by atoms with E-state index in [1.807, 2.05) is 0 Å². The maximum atomic E-state index is 10.9. The number of nitrogens with zero attached hydrogens (tertiary/aromatic N) is 1. The van der Waals surface area contributed by atoms with Crippen molar-refractivity contribution in [1.82, 2.24) is 0 Å². The minimum absolute atomic E-state index is 0.00472. The fraction of sp³-hybridized carbons (Fsp3) is 0.100. The Morgan fingerprint density at radius 1 is 1.36 bits per heavy atom. The molecule has 72 valence electrons. The first kappa shape index (κ1) is 10.1. The quantitative estimate of drug-likeness (QED) is 0.418. The number of hydrogen-bond donors (Lipinski definition) is 0. The van der Waals surface area contributed by atoms with Crippen molar-refractivity contribution in [2.24, 2.45) is 0 Å². The molecule has 0 N–H and O–H groups in total. The van der Waals surface area contributed by atoms with Crippen molar-refractivity contribution in [3.8, 4) is 0 Å². The molecule has 0 amide bonds. The minimum Gasteiger partial charge on any atom is -0.295 e. The first-order valence-electron chi connectivity index (χ1n) is 3.97. The summed E-state index contributed by atoms with van der Waals surface area (Å²) in [6.45, 7) is 4.99. The van der Waals surface area contributed by atoms with Crippen molar-refractivity contribution < 1.29 is 9.72 Å². The highest BCUT2D eigenvalue weighted by molar-refractivity contribution is 6.18. The van der Waals surface area contributed by atoms with Crippen molar-refractivity contribution in [2.45, 2.75) is 6.92 Å². The van der Waals surface area contributed by atoms with E-state index in [-0.39, 0.29) is 11.5 Å². The Hall–Kier alpha value is -1.97. The van der Waals surface area contributed by atoms with Gasteiger partial charge in [-0.1, -0.05) is 6.58 Å². The summed E-state index contributed by atoms with van der Waals surface area (Å²) in [5.74, 6) is -0.140. The van der Waals surface area contributed by atoms with Gasteiger partial charge < -0.3 is 0 Å². The summed E-state index contributed by atoms with van der Waals surface area (Å²) in [5.41, 5.74) is 0.980. The molecule has 0 saturated carbocycles. The molecule has 0 aliphatic carbocycles. The molecule has 0 fully saturated rings. The summed E-state index contributed by atoms with van der Waals surface area (Å²) in [5, 5.41) is 10.3. The number of nitro groups is 1. The SMILES string of the molecule is C=C(C(C)=O)c1ccc([N+](=O)[O-])cc1. The summed E-state index contributed by atoms with van der Waals surface area (Å²) in [4.78, 5) is 20.8. The second-order valence-corrected chi connectivity index (χ2v) is 2.84. The van der Waals surface area contributed by atoms with Gasteiger partial charge in [0.1, 0.15) is 0 Å². The first-order valence-corrected chi connectivity index (χ1v) is 3.97. The summed E-state index contributed by atoms with van der Waals surface area (Å²) in [6.07, 6.45) is 0. The molecule has 14 heavy (non-hydrogen) atoms. The van der Waals surface area contributed by atoms with E-state index in [0.29, 0.717) is 11.1 Å². The third-order valence-corrected chi connectivity index (χ3v) is 1.85. The fourth-order valence-corrected chi connectivity index (χ4v) is 0.988. The molecule has 1 aromatic rings. The molecule has 0 saturated heterocycles. The molecule has 0 radical (unpaired) electrons. The third-order valence-electron chi connectivity index (χ3n) is 1.85. The van der Waals surface area contributed by atoms with Gasteiger partial charge in [0, 0.05) is 17.7 Å². The highest BCUT2D eigenvalue weighted by atomic mass is 16.6. The van der Waals surface area contributed by atoms with Crippen LogP contribution in [-0.4, -0.2) is 10.7 Å². The number of rotatable bonds is 3. The fourth-order valence-electron chi connectivity index (χ4n) is 0.988. The number of Topliss-reactive ketones (excluding diaryl/α,β-unsaturated/α-hetero) is 1. The van der Waals surface area contributed by atoms with Crippen LogP contribution in [0.3, 0.4) is 0 Å². The van der Waals surface area contributed by atoms with Gasteiger partial charge >= 0.3 is 0 Å². The molecule has 0 aliphatic rings. The van der Waals surface area contributed by atoms with Gasteiger partial charge in [-0.2, -0.15) is 0 Å². The number of hydrogen-bond acceptors (Lipinski definition) is 3. The zero-order valence-corrected chi connectivity index (χ0v) is 7.69. The Morgan fingerprint density at radius 2 is 1.86 bits per heavy atom. The molecule has 4 nitrogen and oxygen atoms in total. The van der Waals surface area contributed by atoms with Gasteiger partial charge in [-0.3, -0.25) is 14.9 Å². The zero-order chi connectivity index (χ0) is 10.7. The predicted molar refractivity (Wildman–Crippen MR) is 52.8 cm³/mol. The van der Waals surface area contributed by atoms with Crippen LogP contribution in [0.15, 0.2) is 30.8 Å². The van der Waals surface area contributed by atoms with Crippen LogP contribution in [0.2, 0.25) is 0 Å². The monoisotopic (exact) mass is 191 g/mol. The number of allylic oxidation sites excluding steroid dienone is 1. The molecule has 1 rings (SSSR count). The molecule has 0 unspecified atom stereocenters. The van der Waals surface area contributed by atoms with Crippen LogP contribution in [0.5, 0.6) is 0 Å². The predicted octanol–water partition coefficient (Wildman–Crippen LogP) is 2.20. The van der Waals surface area contributed by atoms with Gasteiger partial charge in [-0.25, -0.2) is 0 Å². The number of benzene rings is 1. The largest absolute Gasteiger partial charge is 0.295 e. The lowest BCUT2D eigenvalue weighted by atomic mass is 10.0. The van der Waals surface area contributed by atoms with Gasteiger partial charge in [-0.15, -0.1) is 0 Å². The maximum Gasteiger partial charge on any atom is 0.269 e. The minimum atomic E-state index is -0.486. The first-order chi connectivity index (χ1) is 6.52. The van der Waals surface area contributed by atoms with Crippen LogP contribution in [0.25, 0.3) is 5.57 Å². The second-order valence-electron chi connectivity index (χ2n) is 2.84. The standard InChI is InChI=1S/C10H9NO3/c1-7(8(2)12)9-3-5-10(6-4-9)11(13)14/h3-6H,1H2,2H3. The Bertz CT molecular complexity index is 392. The van der Waals surface area contributed by atoms with E-state index >= 15 is 0 Å². The lowest BCUT2D eigenvalue weighted by Crippen LogP contribution is -1.94. The molecule has 1 aromatic carbocycles. The van der Waals surface area contributed by atoms with Crippen molar-refractivity contribution in [1.29, 1.82) is 0 Å². The number of non-ortho nitro benzene ring substituents is 1. The highest BCUT2D eigenvalue weighted by Gasteiger charge is 2.07. The van der Waals surface area contributed by atoms with Crippen molar-refractivity contribution in [3.05, 3.63) is 46.5 Å². The van der Waals surface area contributed by atoms with Gasteiger partial charge in [0.2, 0.25) is 0 Å². The van der Waals surface area contributed by atoms with Crippen LogP contribution in [0.1, 0.15) is 12.5 Å². The highest BCUT2D eigenvalue weighted by Crippen LogP contribution is 2.17. The molecular formula is C10H9NO3. The van der Waals surface area contributed by atoms with E-state index in [1.54, 1.807) is 0 Å². The van der Waals surface area contributed by atoms with Crippen LogP contribution >= 0.6 is 0 Å². The Kier molecular flexibility index (Phi) is 2.76. The topological polar surface area (TPSA) is 60.2 Å². The van der Waals surface area contributed by atoms with E-state index in [1.165, 1.54) is 31.2 Å². The van der Waals surface area contributed by atoms with Crippen LogP contribution in [0.4, 0.5) is 5.69 Å². The van der Waals surface area contributed by atoms with E-state index < -0.39 is 4.92 Å². The smallest absolute Gasteiger partial charge is 0.269 e. The normalized spacial score (nSPS) is 9.50. The van der Waals surface area contributed by atoms with Crippen molar-refractivity contribution in [3.63, 3.8) is 0 Å². The Labute approximate surface area is 81.0 Å². The molecule has 0 aliphatic heterocycles. The van der Waals surface area contributed by atoms with Crippen LogP contribution in [-0.2, 0) is 4.79 Å². The number of ketones is 1. The van der Waals surface area contributed by atoms with Gasteiger partial charge in [0.05, 0.1) is 4.92 Å². The van der Waals surface area contributed by atoms with Gasteiger partial charge in [-0.05, 0) is 24.6 Å². The Balaban J connectivity index is 3.00. The molecule has 0 heterocycles. The van der Waals surface area contributed by atoms with Gasteiger partial charge in [0.15, 0.2) is 5.78 Å². The molecule has 4 heteroatoms. The lowest BCUT2D eigenvalue weighted by molar-refractivity contribution is -0.384. The van der Waals surface area contributed by atoms with Crippen LogP contribution < -0.4 is 0 Å². The number of carbonyl (C=O) groups is 1. The van der Waals surface area contributed by atoms with Crippen molar-refractivity contribution in [2.75, 3.05) is 0 Å². The zero-order valence-electron chi connectivity index (χ0n) is 7.69. The molecule has 0 spiro atoms. The number of nitro benzene ring substituents is 1. The maximum absolute atomic E-state index is 10.9. The average molecular weight is 191 g/mol. The molecular weight excluding hydrogens is 182 g/mol. The second kappa shape index (κ2) is 3.83.